The molecule has 3 aromatic rings. The van der Waals surface area contributed by atoms with Crippen molar-refractivity contribution < 1.29 is 0 Å². The van der Waals surface area contributed by atoms with E-state index in [2.05, 4.69) is 23.3 Å². The van der Waals surface area contributed by atoms with Gasteiger partial charge in [0.05, 0.1) is 6.54 Å². The summed E-state index contributed by atoms with van der Waals surface area (Å²) in [6, 6.07) is 8.19. The minimum atomic E-state index is -0.368. The average molecular weight is 383 g/mol. The summed E-state index contributed by atoms with van der Waals surface area (Å²) in [5.74, 6) is 0.631. The van der Waals surface area contributed by atoms with Crippen LogP contribution in [0.25, 0.3) is 11.2 Å². The van der Waals surface area contributed by atoms with Crippen molar-refractivity contribution in [3.8, 4) is 0 Å². The Labute approximate surface area is 164 Å². The lowest BCUT2D eigenvalue weighted by atomic mass is 10.1. The Morgan fingerprint density at radius 3 is 2.57 bits per heavy atom. The molecule has 3 rings (SSSR count). The first-order valence-electron chi connectivity index (χ1n) is 9.89. The zero-order chi connectivity index (χ0) is 20.3. The minimum absolute atomic E-state index is 0.322. The number of aryl methyl sites for hydroxylation is 2. The van der Waals surface area contributed by atoms with Crippen LogP contribution in [0.2, 0.25) is 0 Å². The fourth-order valence-electron chi connectivity index (χ4n) is 3.48. The van der Waals surface area contributed by atoms with Crippen LogP contribution in [-0.4, -0.2) is 25.2 Å². The molecule has 0 bridgehead atoms. The van der Waals surface area contributed by atoms with E-state index in [4.69, 9.17) is 0 Å². The second-order valence-corrected chi connectivity index (χ2v) is 7.38. The van der Waals surface area contributed by atoms with Crippen molar-refractivity contribution >= 4 is 17.1 Å². The lowest BCUT2D eigenvalue weighted by Gasteiger charge is -2.11. The molecule has 7 nitrogen and oxygen atoms in total. The summed E-state index contributed by atoms with van der Waals surface area (Å²) in [6.07, 6.45) is 4.58. The topological polar surface area (TPSA) is 73.8 Å². The number of aromatic nitrogens is 4. The molecule has 2 heterocycles. The molecule has 7 heteroatoms. The molecule has 0 aliphatic rings. The van der Waals surface area contributed by atoms with Crippen LogP contribution in [0.15, 0.2) is 33.9 Å². The largest absolute Gasteiger partial charge is 0.356 e. The van der Waals surface area contributed by atoms with E-state index in [1.807, 2.05) is 29.7 Å². The molecule has 0 atom stereocenters. The second kappa shape index (κ2) is 8.46. The third-order valence-corrected chi connectivity index (χ3v) is 5.08. The summed E-state index contributed by atoms with van der Waals surface area (Å²) in [4.78, 5) is 29.8. The van der Waals surface area contributed by atoms with E-state index in [9.17, 15) is 9.59 Å². The summed E-state index contributed by atoms with van der Waals surface area (Å²) in [7, 11) is 3.16. The maximum Gasteiger partial charge on any atom is 0.332 e. The van der Waals surface area contributed by atoms with Gasteiger partial charge < -0.3 is 5.32 Å². The Morgan fingerprint density at radius 2 is 1.86 bits per heavy atom. The van der Waals surface area contributed by atoms with Crippen molar-refractivity contribution in [3.05, 3.63) is 56.2 Å². The van der Waals surface area contributed by atoms with Crippen LogP contribution in [0.1, 0.15) is 43.7 Å². The van der Waals surface area contributed by atoms with Gasteiger partial charge in [-0.05, 0) is 18.9 Å². The van der Waals surface area contributed by atoms with Crippen molar-refractivity contribution in [3.63, 3.8) is 0 Å². The molecule has 28 heavy (non-hydrogen) atoms. The minimum Gasteiger partial charge on any atom is -0.356 e. The maximum absolute atomic E-state index is 12.9. The van der Waals surface area contributed by atoms with Crippen LogP contribution >= 0.6 is 0 Å². The molecule has 0 fully saturated rings. The molecule has 0 spiro atoms. The van der Waals surface area contributed by atoms with E-state index >= 15 is 0 Å². The molecule has 2 aromatic heterocycles. The van der Waals surface area contributed by atoms with E-state index < -0.39 is 0 Å². The van der Waals surface area contributed by atoms with Crippen LogP contribution in [0, 0.1) is 6.92 Å². The van der Waals surface area contributed by atoms with Gasteiger partial charge in [-0.3, -0.25) is 18.5 Å². The molecular weight excluding hydrogens is 354 g/mol. The Balaban J connectivity index is 2.07. The second-order valence-electron chi connectivity index (χ2n) is 7.38. The molecular formula is C21H29N5O2. The van der Waals surface area contributed by atoms with Gasteiger partial charge in [0.1, 0.15) is 0 Å². The number of benzene rings is 1. The van der Waals surface area contributed by atoms with Gasteiger partial charge in [0.15, 0.2) is 11.2 Å². The molecule has 0 radical (unpaired) electrons. The normalized spacial score (nSPS) is 11.3. The predicted octanol–water partition coefficient (Wildman–Crippen LogP) is 2.78. The van der Waals surface area contributed by atoms with Crippen LogP contribution < -0.4 is 16.6 Å². The third-order valence-electron chi connectivity index (χ3n) is 5.08. The molecule has 150 valence electrons. The van der Waals surface area contributed by atoms with Crippen LogP contribution in [-0.2, 0) is 20.6 Å². The zero-order valence-corrected chi connectivity index (χ0v) is 17.2. The van der Waals surface area contributed by atoms with Crippen molar-refractivity contribution in [2.45, 2.75) is 46.1 Å². The highest BCUT2D eigenvalue weighted by Crippen LogP contribution is 2.18. The average Bonchev–Trinajstić information content (AvgIpc) is 3.03. The highest BCUT2D eigenvalue weighted by molar-refractivity contribution is 5.74. The molecule has 0 aliphatic carbocycles. The quantitative estimate of drug-likeness (QED) is 0.607. The van der Waals surface area contributed by atoms with E-state index in [1.165, 1.54) is 24.5 Å². The Hall–Kier alpha value is -2.83. The molecule has 0 saturated heterocycles. The molecule has 0 unspecified atom stereocenters. The van der Waals surface area contributed by atoms with Gasteiger partial charge in [0.25, 0.3) is 5.56 Å². The lowest BCUT2D eigenvalue weighted by molar-refractivity contribution is 0.680. The molecule has 0 amide bonds. The number of rotatable bonds is 8. The SMILES string of the molecule is CCCCCCNc1nc2c(c(=O)n(C)c(=O)n2C)n1Cc1cccc(C)c1. The highest BCUT2D eigenvalue weighted by Gasteiger charge is 2.19. The molecule has 1 N–H and O–H groups in total. The Bertz CT molecular complexity index is 1090. The van der Waals surface area contributed by atoms with Crippen molar-refractivity contribution in [2.75, 3.05) is 11.9 Å². The first kappa shape index (κ1) is 19.9. The van der Waals surface area contributed by atoms with Crippen molar-refractivity contribution in [1.29, 1.82) is 0 Å². The maximum atomic E-state index is 12.9. The Kier molecular flexibility index (Phi) is 6.02. The van der Waals surface area contributed by atoms with Gasteiger partial charge in [-0.15, -0.1) is 0 Å². The summed E-state index contributed by atoms with van der Waals surface area (Å²) < 4.78 is 4.47. The fourth-order valence-corrected chi connectivity index (χ4v) is 3.48. The van der Waals surface area contributed by atoms with Gasteiger partial charge in [-0.1, -0.05) is 56.0 Å². The van der Waals surface area contributed by atoms with E-state index in [1.54, 1.807) is 7.05 Å². The summed E-state index contributed by atoms with van der Waals surface area (Å²) in [5.41, 5.74) is 2.42. The standard InChI is InChI=1S/C21H29N5O2/c1-5-6-7-8-12-22-20-23-18-17(19(27)25(4)21(28)24(18)3)26(20)14-16-11-9-10-15(2)13-16/h9-11,13H,5-8,12,14H2,1-4H3,(H,22,23). The van der Waals surface area contributed by atoms with Crippen LogP contribution in [0.5, 0.6) is 0 Å². The zero-order valence-electron chi connectivity index (χ0n) is 17.2. The van der Waals surface area contributed by atoms with Gasteiger partial charge in [-0.25, -0.2) is 4.79 Å². The summed E-state index contributed by atoms with van der Waals surface area (Å²) in [5, 5.41) is 3.38. The van der Waals surface area contributed by atoms with Gasteiger partial charge in [0.2, 0.25) is 5.95 Å². The number of hydrogen-bond acceptors (Lipinski definition) is 4. The van der Waals surface area contributed by atoms with E-state index in [-0.39, 0.29) is 11.2 Å². The number of fused-ring (bicyclic) bond motifs is 1. The number of unbranched alkanes of at least 4 members (excludes halogenated alkanes) is 3. The summed E-state index contributed by atoms with van der Waals surface area (Å²) in [6.45, 7) is 5.53. The molecule has 0 aliphatic heterocycles. The van der Waals surface area contributed by atoms with Gasteiger partial charge in [0, 0.05) is 20.6 Å². The number of anilines is 1. The fraction of sp³-hybridized carbons (Fsp3) is 0.476. The summed E-state index contributed by atoms with van der Waals surface area (Å²) >= 11 is 0. The molecule has 0 saturated carbocycles. The van der Waals surface area contributed by atoms with Gasteiger partial charge in [-0.2, -0.15) is 4.98 Å². The highest BCUT2D eigenvalue weighted by atomic mass is 16.2. The third kappa shape index (κ3) is 3.88. The number of nitrogens with one attached hydrogen (secondary N) is 1. The van der Waals surface area contributed by atoms with Crippen LogP contribution in [0.4, 0.5) is 5.95 Å². The van der Waals surface area contributed by atoms with Crippen LogP contribution in [0.3, 0.4) is 0 Å². The van der Waals surface area contributed by atoms with E-state index in [0.29, 0.717) is 23.7 Å². The van der Waals surface area contributed by atoms with Gasteiger partial charge >= 0.3 is 5.69 Å². The number of hydrogen-bond donors (Lipinski definition) is 1. The number of imidazole rings is 1. The first-order chi connectivity index (χ1) is 13.4. The van der Waals surface area contributed by atoms with Crippen molar-refractivity contribution in [2.24, 2.45) is 14.1 Å². The van der Waals surface area contributed by atoms with E-state index in [0.717, 1.165) is 35.1 Å². The lowest BCUT2D eigenvalue weighted by Crippen LogP contribution is -2.37. The monoisotopic (exact) mass is 383 g/mol. The molecule has 1 aromatic carbocycles. The van der Waals surface area contributed by atoms with Crippen molar-refractivity contribution in [1.82, 2.24) is 18.7 Å². The predicted molar refractivity (Wildman–Crippen MR) is 113 cm³/mol. The first-order valence-corrected chi connectivity index (χ1v) is 9.89. The number of nitrogens with zero attached hydrogens (tertiary/aromatic N) is 4. The smallest absolute Gasteiger partial charge is 0.332 e. The Morgan fingerprint density at radius 1 is 1.07 bits per heavy atom.